The highest BCUT2D eigenvalue weighted by Gasteiger charge is 2.12. The van der Waals surface area contributed by atoms with E-state index in [4.69, 9.17) is 0 Å². The highest BCUT2D eigenvalue weighted by Crippen LogP contribution is 2.31. The summed E-state index contributed by atoms with van der Waals surface area (Å²) in [6, 6.07) is 3.85. The molecule has 0 aromatic carbocycles. The maximum Gasteiger partial charge on any atom is 0.166 e. The number of aldehydes is 1. The molecule has 90 valence electrons. The number of fused-ring (bicyclic) bond motifs is 1. The van der Waals surface area contributed by atoms with Gasteiger partial charge in [-0.1, -0.05) is 0 Å². The molecule has 0 spiro atoms. The van der Waals surface area contributed by atoms with Crippen LogP contribution in [0.25, 0.3) is 22.2 Å². The van der Waals surface area contributed by atoms with Crippen molar-refractivity contribution in [3.63, 3.8) is 0 Å². The van der Waals surface area contributed by atoms with Gasteiger partial charge in [0, 0.05) is 42.2 Å². The van der Waals surface area contributed by atoms with Gasteiger partial charge in [0.25, 0.3) is 0 Å². The minimum Gasteiger partial charge on any atom is -0.358 e. The molecule has 0 radical (unpaired) electrons. The molecular formula is C14H13N3O. The fourth-order valence-corrected chi connectivity index (χ4v) is 2.32. The first-order chi connectivity index (χ1) is 8.70. The lowest BCUT2D eigenvalue weighted by Crippen LogP contribution is -1.87. The maximum absolute atomic E-state index is 10.7. The van der Waals surface area contributed by atoms with E-state index < -0.39 is 0 Å². The minimum absolute atomic E-state index is 0.587. The first kappa shape index (κ1) is 10.8. The number of carbonyl (C=O) groups excluding carboxylic acids is 1. The van der Waals surface area contributed by atoms with Crippen LogP contribution in [0.4, 0.5) is 0 Å². The van der Waals surface area contributed by atoms with E-state index in [9.17, 15) is 4.79 Å². The molecule has 0 atom stereocenters. The summed E-state index contributed by atoms with van der Waals surface area (Å²) in [4.78, 5) is 18.1. The molecule has 0 bridgehead atoms. The predicted octanol–water partition coefficient (Wildman–Crippen LogP) is 2.69. The van der Waals surface area contributed by atoms with Crippen molar-refractivity contribution in [2.75, 3.05) is 0 Å². The highest BCUT2D eigenvalue weighted by atomic mass is 16.1. The highest BCUT2D eigenvalue weighted by molar-refractivity contribution is 5.97. The van der Waals surface area contributed by atoms with E-state index in [2.05, 4.69) is 16.9 Å². The average molecular weight is 239 g/mol. The Morgan fingerprint density at radius 1 is 1.44 bits per heavy atom. The SMILES string of the molecule is Cc1ccnc2c1c(-c1c[nH]c(C=O)c1)cn2C. The van der Waals surface area contributed by atoms with Crippen molar-refractivity contribution >= 4 is 17.3 Å². The molecule has 0 fully saturated rings. The van der Waals surface area contributed by atoms with E-state index in [-0.39, 0.29) is 0 Å². The molecule has 3 heterocycles. The molecule has 4 heteroatoms. The van der Waals surface area contributed by atoms with Gasteiger partial charge in [-0.3, -0.25) is 4.79 Å². The number of nitrogens with zero attached hydrogens (tertiary/aromatic N) is 2. The lowest BCUT2D eigenvalue weighted by Gasteiger charge is -1.99. The average Bonchev–Trinajstić information content (AvgIpc) is 2.95. The van der Waals surface area contributed by atoms with Gasteiger partial charge in [0.1, 0.15) is 5.65 Å². The zero-order valence-electron chi connectivity index (χ0n) is 10.3. The first-order valence-corrected chi connectivity index (χ1v) is 5.75. The summed E-state index contributed by atoms with van der Waals surface area (Å²) in [6.45, 7) is 2.07. The summed E-state index contributed by atoms with van der Waals surface area (Å²) in [5.74, 6) is 0. The lowest BCUT2D eigenvalue weighted by atomic mass is 10.1. The Balaban J connectivity index is 2.32. The molecule has 3 aromatic rings. The fourth-order valence-electron chi connectivity index (χ4n) is 2.32. The summed E-state index contributed by atoms with van der Waals surface area (Å²) in [5.41, 5.74) is 4.84. The van der Waals surface area contributed by atoms with Gasteiger partial charge in [-0.25, -0.2) is 4.98 Å². The summed E-state index contributed by atoms with van der Waals surface area (Å²) in [6.07, 6.45) is 6.53. The molecule has 0 aliphatic carbocycles. The van der Waals surface area contributed by atoms with Gasteiger partial charge < -0.3 is 9.55 Å². The minimum atomic E-state index is 0.587. The zero-order valence-corrected chi connectivity index (χ0v) is 10.3. The summed E-state index contributed by atoms with van der Waals surface area (Å²) in [5, 5.41) is 1.14. The second kappa shape index (κ2) is 3.84. The van der Waals surface area contributed by atoms with E-state index in [1.165, 1.54) is 5.56 Å². The number of aromatic nitrogens is 3. The van der Waals surface area contributed by atoms with E-state index in [1.54, 1.807) is 0 Å². The topological polar surface area (TPSA) is 50.7 Å². The van der Waals surface area contributed by atoms with E-state index in [0.29, 0.717) is 5.69 Å². The van der Waals surface area contributed by atoms with Crippen LogP contribution in [-0.2, 0) is 7.05 Å². The number of carbonyl (C=O) groups is 1. The van der Waals surface area contributed by atoms with Gasteiger partial charge in [0.15, 0.2) is 6.29 Å². The third-order valence-electron chi connectivity index (χ3n) is 3.21. The van der Waals surface area contributed by atoms with Gasteiger partial charge in [-0.2, -0.15) is 0 Å². The number of nitrogens with one attached hydrogen (secondary N) is 1. The molecule has 3 rings (SSSR count). The van der Waals surface area contributed by atoms with Crippen LogP contribution in [0.2, 0.25) is 0 Å². The second-order valence-corrected chi connectivity index (χ2v) is 4.44. The van der Waals surface area contributed by atoms with Crippen LogP contribution in [0, 0.1) is 6.92 Å². The van der Waals surface area contributed by atoms with Gasteiger partial charge in [-0.15, -0.1) is 0 Å². The van der Waals surface area contributed by atoms with Crippen LogP contribution in [0.1, 0.15) is 16.1 Å². The third kappa shape index (κ3) is 1.46. The molecular weight excluding hydrogens is 226 g/mol. The van der Waals surface area contributed by atoms with Crippen LogP contribution in [0.15, 0.2) is 30.7 Å². The van der Waals surface area contributed by atoms with E-state index in [1.807, 2.05) is 42.3 Å². The van der Waals surface area contributed by atoms with Crippen molar-refractivity contribution < 1.29 is 4.79 Å². The molecule has 0 saturated carbocycles. The quantitative estimate of drug-likeness (QED) is 0.699. The standard InChI is InChI=1S/C14H13N3O/c1-9-3-4-15-14-13(9)12(7-17(14)2)10-5-11(8-18)16-6-10/h3-8,16H,1-2H3. The normalized spacial score (nSPS) is 11.0. The maximum atomic E-state index is 10.7. The Labute approximate surface area is 104 Å². The molecule has 3 aromatic heterocycles. The summed E-state index contributed by atoms with van der Waals surface area (Å²) < 4.78 is 2.01. The molecule has 0 aliphatic rings. The third-order valence-corrected chi connectivity index (χ3v) is 3.21. The number of hydrogen-bond acceptors (Lipinski definition) is 2. The van der Waals surface area contributed by atoms with Crippen molar-refractivity contribution in [2.45, 2.75) is 6.92 Å². The summed E-state index contributed by atoms with van der Waals surface area (Å²) >= 11 is 0. The Hall–Kier alpha value is -2.36. The number of H-pyrrole nitrogens is 1. The smallest absolute Gasteiger partial charge is 0.166 e. The van der Waals surface area contributed by atoms with Gasteiger partial charge in [-0.05, 0) is 24.6 Å². The largest absolute Gasteiger partial charge is 0.358 e. The van der Waals surface area contributed by atoms with Crippen molar-refractivity contribution in [2.24, 2.45) is 7.05 Å². The zero-order chi connectivity index (χ0) is 12.7. The van der Waals surface area contributed by atoms with Crippen LogP contribution in [0.5, 0.6) is 0 Å². The molecule has 0 aliphatic heterocycles. The Morgan fingerprint density at radius 3 is 3.00 bits per heavy atom. The number of rotatable bonds is 2. The van der Waals surface area contributed by atoms with Gasteiger partial charge in [0.2, 0.25) is 0 Å². The van der Waals surface area contributed by atoms with Crippen LogP contribution in [0.3, 0.4) is 0 Å². The first-order valence-electron chi connectivity index (χ1n) is 5.75. The predicted molar refractivity (Wildman–Crippen MR) is 70.6 cm³/mol. The lowest BCUT2D eigenvalue weighted by molar-refractivity contribution is 0.111. The van der Waals surface area contributed by atoms with Gasteiger partial charge in [0.05, 0.1) is 5.69 Å². The number of aromatic amines is 1. The number of pyridine rings is 1. The van der Waals surface area contributed by atoms with Crippen LogP contribution in [-0.4, -0.2) is 20.8 Å². The second-order valence-electron chi connectivity index (χ2n) is 4.44. The molecule has 18 heavy (non-hydrogen) atoms. The number of hydrogen-bond donors (Lipinski definition) is 1. The van der Waals surface area contributed by atoms with Gasteiger partial charge >= 0.3 is 0 Å². The molecule has 0 unspecified atom stereocenters. The molecule has 0 amide bonds. The molecule has 0 saturated heterocycles. The Kier molecular flexibility index (Phi) is 2.30. The van der Waals surface area contributed by atoms with Crippen LogP contribution >= 0.6 is 0 Å². The van der Waals surface area contributed by atoms with Crippen LogP contribution < -0.4 is 0 Å². The Bertz CT molecular complexity index is 737. The van der Waals surface area contributed by atoms with Crippen molar-refractivity contribution in [3.8, 4) is 11.1 Å². The van der Waals surface area contributed by atoms with Crippen molar-refractivity contribution in [1.82, 2.24) is 14.5 Å². The van der Waals surface area contributed by atoms with Crippen molar-refractivity contribution in [1.29, 1.82) is 0 Å². The Morgan fingerprint density at radius 2 is 2.28 bits per heavy atom. The fraction of sp³-hybridized carbons (Fsp3) is 0.143. The summed E-state index contributed by atoms with van der Waals surface area (Å²) in [7, 11) is 1.98. The van der Waals surface area contributed by atoms with Crippen molar-refractivity contribution in [3.05, 3.63) is 42.0 Å². The van der Waals surface area contributed by atoms with E-state index >= 15 is 0 Å². The van der Waals surface area contributed by atoms with E-state index in [0.717, 1.165) is 28.4 Å². The monoisotopic (exact) mass is 239 g/mol. The molecule has 1 N–H and O–H groups in total. The number of aryl methyl sites for hydroxylation is 2. The molecule has 4 nitrogen and oxygen atoms in total.